The molecule has 0 fully saturated rings. The summed E-state index contributed by atoms with van der Waals surface area (Å²) < 4.78 is 1.99. The molecular formula is C22H18N4O. The summed E-state index contributed by atoms with van der Waals surface area (Å²) >= 11 is 0. The van der Waals surface area contributed by atoms with Gasteiger partial charge in [0.1, 0.15) is 6.33 Å². The van der Waals surface area contributed by atoms with Crippen molar-refractivity contribution >= 4 is 5.91 Å². The highest BCUT2D eigenvalue weighted by atomic mass is 16.1. The number of nitrogens with zero attached hydrogens (tertiary/aromatic N) is 3. The molecule has 1 amide bonds. The zero-order chi connectivity index (χ0) is 18.5. The molecule has 0 aliphatic carbocycles. The predicted molar refractivity (Wildman–Crippen MR) is 104 cm³/mol. The Bertz CT molecular complexity index is 1030. The van der Waals surface area contributed by atoms with Crippen molar-refractivity contribution in [2.75, 3.05) is 0 Å². The minimum atomic E-state index is -0.131. The van der Waals surface area contributed by atoms with Gasteiger partial charge in [-0.15, -0.1) is 0 Å². The summed E-state index contributed by atoms with van der Waals surface area (Å²) in [4.78, 5) is 21.0. The van der Waals surface area contributed by atoms with E-state index in [1.165, 1.54) is 6.33 Å². The molecule has 0 saturated carbocycles. The summed E-state index contributed by atoms with van der Waals surface area (Å²) in [6.45, 7) is 0.348. The molecular weight excluding hydrogens is 336 g/mol. The van der Waals surface area contributed by atoms with E-state index in [9.17, 15) is 4.79 Å². The molecule has 0 unspecified atom stereocenters. The van der Waals surface area contributed by atoms with Crippen molar-refractivity contribution in [2.24, 2.45) is 0 Å². The maximum absolute atomic E-state index is 12.4. The van der Waals surface area contributed by atoms with Gasteiger partial charge in [0.25, 0.3) is 5.91 Å². The Labute approximate surface area is 157 Å². The van der Waals surface area contributed by atoms with Crippen molar-refractivity contribution in [3.8, 4) is 16.9 Å². The monoisotopic (exact) mass is 354 g/mol. The minimum Gasteiger partial charge on any atom is -0.346 e. The maximum Gasteiger partial charge on any atom is 0.251 e. The van der Waals surface area contributed by atoms with Crippen LogP contribution >= 0.6 is 0 Å². The molecule has 0 atom stereocenters. The highest BCUT2D eigenvalue weighted by molar-refractivity contribution is 5.94. The van der Waals surface area contributed by atoms with Crippen LogP contribution in [0.2, 0.25) is 0 Å². The minimum absolute atomic E-state index is 0.131. The summed E-state index contributed by atoms with van der Waals surface area (Å²) in [5, 5.41) is 2.91. The van der Waals surface area contributed by atoms with Gasteiger partial charge in [0.15, 0.2) is 0 Å². The molecule has 5 nitrogen and oxygen atoms in total. The maximum atomic E-state index is 12.4. The van der Waals surface area contributed by atoms with Crippen LogP contribution in [0.5, 0.6) is 0 Å². The number of hydrogen-bond acceptors (Lipinski definition) is 3. The van der Waals surface area contributed by atoms with Gasteiger partial charge in [0.05, 0.1) is 17.9 Å². The molecule has 0 spiro atoms. The van der Waals surface area contributed by atoms with E-state index < -0.39 is 0 Å². The summed E-state index contributed by atoms with van der Waals surface area (Å²) in [6, 6.07) is 23.2. The Hall–Kier alpha value is -3.73. The van der Waals surface area contributed by atoms with Crippen LogP contribution in [0.3, 0.4) is 0 Å². The zero-order valence-electron chi connectivity index (χ0n) is 14.6. The van der Waals surface area contributed by atoms with Gasteiger partial charge in [0, 0.05) is 29.2 Å². The first-order valence-corrected chi connectivity index (χ1v) is 8.67. The van der Waals surface area contributed by atoms with Crippen molar-refractivity contribution < 1.29 is 4.79 Å². The molecule has 2 aromatic heterocycles. The number of rotatable bonds is 5. The van der Waals surface area contributed by atoms with Crippen LogP contribution in [0.1, 0.15) is 16.1 Å². The molecule has 0 radical (unpaired) electrons. The van der Waals surface area contributed by atoms with Crippen LogP contribution in [0.15, 0.2) is 91.5 Å². The molecule has 27 heavy (non-hydrogen) atoms. The van der Waals surface area contributed by atoms with E-state index in [1.54, 1.807) is 0 Å². The molecule has 1 N–H and O–H groups in total. The fourth-order valence-corrected chi connectivity index (χ4v) is 2.83. The lowest BCUT2D eigenvalue weighted by atomic mass is 10.1. The summed E-state index contributed by atoms with van der Waals surface area (Å²) in [6.07, 6.45) is 5.46. The van der Waals surface area contributed by atoms with Gasteiger partial charge in [-0.25, -0.2) is 9.97 Å². The number of benzene rings is 2. The first-order valence-electron chi connectivity index (χ1n) is 8.67. The number of amides is 1. The van der Waals surface area contributed by atoms with Gasteiger partial charge >= 0.3 is 0 Å². The van der Waals surface area contributed by atoms with Gasteiger partial charge in [-0.3, -0.25) is 4.79 Å². The Morgan fingerprint density at radius 2 is 1.63 bits per heavy atom. The molecule has 2 aromatic carbocycles. The average molecular weight is 354 g/mol. The summed E-state index contributed by atoms with van der Waals surface area (Å²) in [5.74, 6) is -0.131. The van der Waals surface area contributed by atoms with Crippen LogP contribution < -0.4 is 5.32 Å². The zero-order valence-corrected chi connectivity index (χ0v) is 14.6. The average Bonchev–Trinajstić information content (AvgIpc) is 3.28. The van der Waals surface area contributed by atoms with Gasteiger partial charge in [-0.1, -0.05) is 30.3 Å². The topological polar surface area (TPSA) is 59.8 Å². The Morgan fingerprint density at radius 3 is 2.37 bits per heavy atom. The van der Waals surface area contributed by atoms with Crippen molar-refractivity contribution in [3.63, 3.8) is 0 Å². The second-order valence-electron chi connectivity index (χ2n) is 6.08. The van der Waals surface area contributed by atoms with Crippen molar-refractivity contribution in [1.29, 1.82) is 0 Å². The standard InChI is InChI=1S/C22H18N4O/c27-22(18-8-10-20(11-9-18)26-12-4-5-13-26)23-15-19-14-21(25-16-24-19)17-6-2-1-3-7-17/h1-14,16H,15H2,(H,23,27). The third-order valence-electron chi connectivity index (χ3n) is 4.26. The molecule has 0 aliphatic heterocycles. The quantitative estimate of drug-likeness (QED) is 0.592. The second kappa shape index (κ2) is 7.66. The molecule has 2 heterocycles. The number of carbonyl (C=O) groups is 1. The van der Waals surface area contributed by atoms with Crippen LogP contribution in [0, 0.1) is 0 Å². The van der Waals surface area contributed by atoms with Crippen LogP contribution in [-0.4, -0.2) is 20.4 Å². The lowest BCUT2D eigenvalue weighted by Gasteiger charge is -2.08. The number of nitrogens with one attached hydrogen (secondary N) is 1. The van der Waals surface area contributed by atoms with E-state index in [2.05, 4.69) is 15.3 Å². The first kappa shape index (κ1) is 16.7. The molecule has 0 aliphatic rings. The third kappa shape index (κ3) is 3.93. The fourth-order valence-electron chi connectivity index (χ4n) is 2.83. The second-order valence-corrected chi connectivity index (χ2v) is 6.08. The number of carbonyl (C=O) groups excluding carboxylic acids is 1. The smallest absolute Gasteiger partial charge is 0.251 e. The Morgan fingerprint density at radius 1 is 0.889 bits per heavy atom. The van der Waals surface area contributed by atoms with Crippen LogP contribution in [-0.2, 0) is 6.54 Å². The Kier molecular flexibility index (Phi) is 4.74. The SMILES string of the molecule is O=C(NCc1cc(-c2ccccc2)ncn1)c1ccc(-n2cccc2)cc1. The lowest BCUT2D eigenvalue weighted by Crippen LogP contribution is -2.23. The first-order chi connectivity index (χ1) is 13.3. The molecule has 4 rings (SSSR count). The summed E-state index contributed by atoms with van der Waals surface area (Å²) in [7, 11) is 0. The lowest BCUT2D eigenvalue weighted by molar-refractivity contribution is 0.0950. The van der Waals surface area contributed by atoms with E-state index >= 15 is 0 Å². The van der Waals surface area contributed by atoms with Gasteiger partial charge in [-0.05, 0) is 42.5 Å². The highest BCUT2D eigenvalue weighted by Crippen LogP contribution is 2.16. The molecule has 4 aromatic rings. The molecule has 132 valence electrons. The van der Waals surface area contributed by atoms with Crippen molar-refractivity contribution in [3.05, 3.63) is 103 Å². The number of hydrogen-bond donors (Lipinski definition) is 1. The normalized spacial score (nSPS) is 10.5. The number of aromatic nitrogens is 3. The molecule has 0 saturated heterocycles. The highest BCUT2D eigenvalue weighted by Gasteiger charge is 2.07. The van der Waals surface area contributed by atoms with Gasteiger partial charge in [0.2, 0.25) is 0 Å². The third-order valence-corrected chi connectivity index (χ3v) is 4.26. The van der Waals surface area contributed by atoms with E-state index in [1.807, 2.05) is 89.8 Å². The Balaban J connectivity index is 1.42. The van der Waals surface area contributed by atoms with E-state index in [4.69, 9.17) is 0 Å². The van der Waals surface area contributed by atoms with Crippen molar-refractivity contribution in [1.82, 2.24) is 19.9 Å². The van der Waals surface area contributed by atoms with E-state index in [0.29, 0.717) is 12.1 Å². The van der Waals surface area contributed by atoms with Crippen molar-refractivity contribution in [2.45, 2.75) is 6.54 Å². The van der Waals surface area contributed by atoms with Gasteiger partial charge in [-0.2, -0.15) is 0 Å². The van der Waals surface area contributed by atoms with Crippen LogP contribution in [0.25, 0.3) is 16.9 Å². The largest absolute Gasteiger partial charge is 0.346 e. The van der Waals surface area contributed by atoms with Gasteiger partial charge < -0.3 is 9.88 Å². The predicted octanol–water partition coefficient (Wildman–Crippen LogP) is 3.86. The summed E-state index contributed by atoms with van der Waals surface area (Å²) in [5.41, 5.74) is 4.25. The van der Waals surface area contributed by atoms with Crippen LogP contribution in [0.4, 0.5) is 0 Å². The van der Waals surface area contributed by atoms with E-state index in [0.717, 1.165) is 22.6 Å². The van der Waals surface area contributed by atoms with E-state index in [-0.39, 0.29) is 5.91 Å². The molecule has 0 bridgehead atoms. The molecule has 5 heteroatoms. The fraction of sp³-hybridized carbons (Fsp3) is 0.0455.